The van der Waals surface area contributed by atoms with E-state index in [1.807, 2.05) is 0 Å². The van der Waals surface area contributed by atoms with Gasteiger partial charge in [-0.05, 0) is 13.8 Å². The molecule has 0 amide bonds. The molecule has 1 atom stereocenters. The summed E-state index contributed by atoms with van der Waals surface area (Å²) in [6, 6.07) is 0. The summed E-state index contributed by atoms with van der Waals surface area (Å²) in [4.78, 5) is 10.6. The molecule has 0 aromatic heterocycles. The molecule has 0 aliphatic heterocycles. The van der Waals surface area contributed by atoms with Crippen LogP contribution in [0.4, 0.5) is 0 Å². The lowest BCUT2D eigenvalue weighted by molar-refractivity contribution is -0.141. The van der Waals surface area contributed by atoms with Crippen LogP contribution in [0.5, 0.6) is 0 Å². The second kappa shape index (κ2) is 10.0. The van der Waals surface area contributed by atoms with Crippen LogP contribution in [0.3, 0.4) is 0 Å². The van der Waals surface area contributed by atoms with E-state index in [2.05, 4.69) is 5.32 Å². The molecular formula is C8H19Cl2N3O2S. The Hall–Kier alpha value is -0.170. The van der Waals surface area contributed by atoms with E-state index < -0.39 is 11.5 Å². The molecule has 5 nitrogen and oxygen atoms in total. The van der Waals surface area contributed by atoms with Gasteiger partial charge in [-0.2, -0.15) is 11.8 Å². The van der Waals surface area contributed by atoms with Crippen molar-refractivity contribution in [2.45, 2.75) is 19.4 Å². The monoisotopic (exact) mass is 291 g/mol. The van der Waals surface area contributed by atoms with Gasteiger partial charge in [0.1, 0.15) is 5.54 Å². The summed E-state index contributed by atoms with van der Waals surface area (Å²) in [5, 5.41) is 18.6. The van der Waals surface area contributed by atoms with E-state index in [0.717, 1.165) is 5.75 Å². The summed E-state index contributed by atoms with van der Waals surface area (Å²) in [5.41, 5.74) is 4.36. The lowest BCUT2D eigenvalue weighted by Gasteiger charge is -2.18. The molecule has 5 N–H and O–H groups in total. The first-order valence-corrected chi connectivity index (χ1v) is 5.41. The third-order valence-corrected chi connectivity index (χ3v) is 2.82. The molecule has 0 aliphatic carbocycles. The Bertz CT molecular complexity index is 227. The van der Waals surface area contributed by atoms with E-state index in [0.29, 0.717) is 18.1 Å². The average Bonchev–Trinajstić information content (AvgIpc) is 2.02. The molecule has 0 unspecified atom stereocenters. The fourth-order valence-corrected chi connectivity index (χ4v) is 1.59. The van der Waals surface area contributed by atoms with Crippen molar-refractivity contribution in [3.05, 3.63) is 0 Å². The molecule has 0 aromatic carbocycles. The van der Waals surface area contributed by atoms with Crippen molar-refractivity contribution in [1.29, 1.82) is 5.41 Å². The van der Waals surface area contributed by atoms with Gasteiger partial charge in [-0.25, -0.2) is 0 Å². The van der Waals surface area contributed by atoms with Gasteiger partial charge >= 0.3 is 5.97 Å². The maximum atomic E-state index is 10.6. The predicted molar refractivity (Wildman–Crippen MR) is 73.5 cm³/mol. The summed E-state index contributed by atoms with van der Waals surface area (Å²) >= 11 is 1.47. The highest BCUT2D eigenvalue weighted by Gasteiger charge is 2.27. The molecule has 98 valence electrons. The van der Waals surface area contributed by atoms with Crippen molar-refractivity contribution < 1.29 is 9.90 Å². The Morgan fingerprint density at radius 2 is 2.06 bits per heavy atom. The first-order chi connectivity index (χ1) is 6.36. The Labute approximate surface area is 112 Å². The van der Waals surface area contributed by atoms with Crippen molar-refractivity contribution in [2.24, 2.45) is 5.73 Å². The highest BCUT2D eigenvalue weighted by atomic mass is 35.5. The van der Waals surface area contributed by atoms with Gasteiger partial charge in [-0.1, -0.05) is 0 Å². The van der Waals surface area contributed by atoms with Crippen molar-refractivity contribution in [1.82, 2.24) is 5.32 Å². The maximum Gasteiger partial charge on any atom is 0.324 e. The standard InChI is InChI=1S/C8H17N3O2S.2ClH/c1-6(9)11-3-4-14-5-8(2,10)7(12)13;;/h3-5,10H2,1-2H3,(H2,9,11)(H,12,13);2*1H/t8-;;/m0../s1. The highest BCUT2D eigenvalue weighted by Crippen LogP contribution is 2.09. The molecule has 0 rings (SSSR count). The number of aliphatic carboxylic acids is 1. The number of carboxylic acid groups (broad SMARTS) is 1. The minimum Gasteiger partial charge on any atom is -0.480 e. The third kappa shape index (κ3) is 10.4. The van der Waals surface area contributed by atoms with Gasteiger partial charge in [-0.3, -0.25) is 10.2 Å². The maximum absolute atomic E-state index is 10.6. The molecule has 0 aliphatic rings. The first-order valence-electron chi connectivity index (χ1n) is 4.25. The predicted octanol–water partition coefficient (Wildman–Crippen LogP) is 0.952. The van der Waals surface area contributed by atoms with Crippen LogP contribution in [-0.4, -0.2) is 40.5 Å². The molecular weight excluding hydrogens is 273 g/mol. The normalized spacial score (nSPS) is 12.7. The van der Waals surface area contributed by atoms with Crippen LogP contribution in [0.1, 0.15) is 13.8 Å². The van der Waals surface area contributed by atoms with Crippen molar-refractivity contribution in [3.63, 3.8) is 0 Å². The van der Waals surface area contributed by atoms with Crippen molar-refractivity contribution in [2.75, 3.05) is 18.1 Å². The van der Waals surface area contributed by atoms with Crippen molar-refractivity contribution >= 4 is 48.4 Å². The average molecular weight is 292 g/mol. The largest absolute Gasteiger partial charge is 0.480 e. The lowest BCUT2D eigenvalue weighted by atomic mass is 10.1. The zero-order valence-corrected chi connectivity index (χ0v) is 11.7. The summed E-state index contributed by atoms with van der Waals surface area (Å²) in [5.74, 6) is 0.553. The second-order valence-electron chi connectivity index (χ2n) is 3.33. The summed E-state index contributed by atoms with van der Waals surface area (Å²) in [7, 11) is 0. The van der Waals surface area contributed by atoms with Gasteiger partial charge in [0.05, 0.1) is 5.84 Å². The van der Waals surface area contributed by atoms with E-state index in [9.17, 15) is 4.79 Å². The number of thioether (sulfide) groups is 1. The summed E-state index contributed by atoms with van der Waals surface area (Å²) in [6.07, 6.45) is 0. The topological polar surface area (TPSA) is 99.2 Å². The minimum absolute atomic E-state index is 0. The van der Waals surface area contributed by atoms with Gasteiger partial charge in [0.15, 0.2) is 0 Å². The van der Waals surface area contributed by atoms with E-state index >= 15 is 0 Å². The smallest absolute Gasteiger partial charge is 0.324 e. The molecule has 0 heterocycles. The molecule has 16 heavy (non-hydrogen) atoms. The van der Waals surface area contributed by atoms with Crippen LogP contribution in [0.15, 0.2) is 0 Å². The molecule has 8 heteroatoms. The number of halogens is 2. The molecule has 0 radical (unpaired) electrons. The number of hydrogen-bond acceptors (Lipinski definition) is 4. The van der Waals surface area contributed by atoms with Crippen LogP contribution in [-0.2, 0) is 4.79 Å². The van der Waals surface area contributed by atoms with E-state index in [-0.39, 0.29) is 24.8 Å². The van der Waals surface area contributed by atoms with E-state index in [4.69, 9.17) is 16.2 Å². The minimum atomic E-state index is -1.16. The van der Waals surface area contributed by atoms with Gasteiger partial charge in [-0.15, -0.1) is 24.8 Å². The Morgan fingerprint density at radius 3 is 2.44 bits per heavy atom. The molecule has 0 saturated carbocycles. The van der Waals surface area contributed by atoms with E-state index in [1.54, 1.807) is 6.92 Å². The van der Waals surface area contributed by atoms with Crippen LogP contribution in [0.25, 0.3) is 0 Å². The Kier molecular flexibility index (Phi) is 13.2. The number of nitrogens with one attached hydrogen (secondary N) is 2. The Morgan fingerprint density at radius 1 is 1.56 bits per heavy atom. The van der Waals surface area contributed by atoms with Crippen LogP contribution < -0.4 is 11.1 Å². The SMILES string of the molecule is CC(=N)NCCSC[C@](C)(N)C(=O)O.Cl.Cl. The van der Waals surface area contributed by atoms with Gasteiger partial charge in [0, 0.05) is 18.1 Å². The fraction of sp³-hybridized carbons (Fsp3) is 0.750. The third-order valence-electron chi connectivity index (χ3n) is 1.53. The van der Waals surface area contributed by atoms with E-state index in [1.165, 1.54) is 18.7 Å². The van der Waals surface area contributed by atoms with Gasteiger partial charge < -0.3 is 16.2 Å². The second-order valence-corrected chi connectivity index (χ2v) is 4.43. The number of amidine groups is 1. The summed E-state index contributed by atoms with van der Waals surface area (Å²) in [6.45, 7) is 3.82. The molecule has 0 bridgehead atoms. The molecule has 0 spiro atoms. The number of carbonyl (C=O) groups is 1. The first kappa shape index (κ1) is 21.1. The molecule has 0 fully saturated rings. The van der Waals surface area contributed by atoms with Crippen LogP contribution >= 0.6 is 36.6 Å². The van der Waals surface area contributed by atoms with Gasteiger partial charge in [0.2, 0.25) is 0 Å². The summed E-state index contributed by atoms with van der Waals surface area (Å²) < 4.78 is 0. The number of rotatable bonds is 6. The van der Waals surface area contributed by atoms with Crippen LogP contribution in [0.2, 0.25) is 0 Å². The number of carboxylic acids is 1. The fourth-order valence-electron chi connectivity index (χ4n) is 0.657. The Balaban J connectivity index is -0.000000845. The number of nitrogens with two attached hydrogens (primary N) is 1. The van der Waals surface area contributed by atoms with Gasteiger partial charge in [0.25, 0.3) is 0 Å². The highest BCUT2D eigenvalue weighted by molar-refractivity contribution is 7.99. The zero-order valence-electron chi connectivity index (χ0n) is 9.28. The van der Waals surface area contributed by atoms with Crippen LogP contribution in [0, 0.1) is 5.41 Å². The van der Waals surface area contributed by atoms with Crippen molar-refractivity contribution in [3.8, 4) is 0 Å². The zero-order chi connectivity index (χ0) is 11.2. The molecule has 0 aromatic rings. The lowest BCUT2D eigenvalue weighted by Crippen LogP contribution is -2.47. The molecule has 0 saturated heterocycles. The quantitative estimate of drug-likeness (QED) is 0.332. The number of hydrogen-bond donors (Lipinski definition) is 4.